The first-order chi connectivity index (χ1) is 15.0. The number of methoxy groups -OCH3 is 2. The van der Waals surface area contributed by atoms with E-state index in [4.69, 9.17) is 25.0 Å². The average molecular weight is 445 g/mol. The Balaban J connectivity index is 1.54. The summed E-state index contributed by atoms with van der Waals surface area (Å²) in [6.07, 6.45) is 3.39. The van der Waals surface area contributed by atoms with Gasteiger partial charge in [-0.05, 0) is 55.1 Å². The smallest absolute Gasteiger partial charge is 0.404 e. The summed E-state index contributed by atoms with van der Waals surface area (Å²) in [6.45, 7) is 0.452. The number of rotatable bonds is 9. The predicted octanol–water partition coefficient (Wildman–Crippen LogP) is 3.02. The quantitative estimate of drug-likeness (QED) is 0.372. The summed E-state index contributed by atoms with van der Waals surface area (Å²) < 4.78 is 12.8. The highest BCUT2D eigenvalue weighted by atomic mass is 32.2. The van der Waals surface area contributed by atoms with Crippen LogP contribution in [0.4, 0.5) is 4.79 Å². The predicted molar refractivity (Wildman–Crippen MR) is 114 cm³/mol. The van der Waals surface area contributed by atoms with Crippen LogP contribution in [0.2, 0.25) is 0 Å². The number of ether oxygens (including phenoxy) is 2. The van der Waals surface area contributed by atoms with Crippen molar-refractivity contribution in [2.75, 3.05) is 20.8 Å². The molecule has 1 saturated carbocycles. The fraction of sp³-hybridized carbons (Fsp3) is 0.400. The maximum absolute atomic E-state index is 10.6. The van der Waals surface area contributed by atoms with Gasteiger partial charge in [0, 0.05) is 12.6 Å². The number of H-pyrrole nitrogens is 1. The Hall–Kier alpha value is -3.21. The second kappa shape index (κ2) is 8.88. The molecule has 1 aliphatic rings. The summed E-state index contributed by atoms with van der Waals surface area (Å²) in [5.74, 6) is 1.88. The van der Waals surface area contributed by atoms with Crippen molar-refractivity contribution in [2.24, 2.45) is 5.92 Å². The Bertz CT molecular complexity index is 1160. The second-order valence-electron chi connectivity index (χ2n) is 7.30. The number of imidazole rings is 1. The summed E-state index contributed by atoms with van der Waals surface area (Å²) in [5, 5.41) is 19.9. The van der Waals surface area contributed by atoms with Crippen molar-refractivity contribution in [3.05, 3.63) is 30.0 Å². The lowest BCUT2D eigenvalue weighted by molar-refractivity contribution is 0.194. The SMILES string of the molecule is COc1ccc(OC)c(Sc2nc3c([nH]2)c(=N)ncn3C2CC2CCCNC(=O)O)c1. The van der Waals surface area contributed by atoms with Crippen molar-refractivity contribution in [1.82, 2.24) is 24.8 Å². The van der Waals surface area contributed by atoms with Gasteiger partial charge in [-0.25, -0.2) is 14.8 Å². The van der Waals surface area contributed by atoms with Crippen molar-refractivity contribution in [1.29, 1.82) is 5.41 Å². The standard InChI is InChI=1S/C20H24N6O4S/c1-29-12-5-6-14(30-2)15(9-12)31-19-24-16-17(21)23-10-26(18(16)25-19)13-8-11(13)4-3-7-22-20(27)28/h5-6,9-11,13,21-22H,3-4,7-8H2,1-2H3,(H,24,25)(H,27,28). The van der Waals surface area contributed by atoms with Gasteiger partial charge in [-0.2, -0.15) is 0 Å². The maximum atomic E-state index is 10.6. The number of hydrogen-bond donors (Lipinski definition) is 4. The van der Waals surface area contributed by atoms with Gasteiger partial charge in [0.1, 0.15) is 17.0 Å². The minimum atomic E-state index is -0.993. The first-order valence-corrected chi connectivity index (χ1v) is 10.7. The largest absolute Gasteiger partial charge is 0.497 e. The molecule has 3 aromatic rings. The molecule has 4 N–H and O–H groups in total. The molecule has 2 aromatic heterocycles. The van der Waals surface area contributed by atoms with Crippen molar-refractivity contribution < 1.29 is 19.4 Å². The number of carboxylic acid groups (broad SMARTS) is 1. The molecule has 1 aromatic carbocycles. The van der Waals surface area contributed by atoms with Crippen molar-refractivity contribution >= 4 is 29.0 Å². The van der Waals surface area contributed by atoms with Crippen LogP contribution in [0.25, 0.3) is 11.2 Å². The van der Waals surface area contributed by atoms with Crippen molar-refractivity contribution in [3.63, 3.8) is 0 Å². The van der Waals surface area contributed by atoms with Gasteiger partial charge >= 0.3 is 6.09 Å². The molecule has 0 aliphatic heterocycles. The molecule has 2 heterocycles. The third-order valence-corrected chi connectivity index (χ3v) is 6.23. The fourth-order valence-corrected chi connectivity index (χ4v) is 4.56. The molecule has 1 aliphatic carbocycles. The number of hydrogen-bond acceptors (Lipinski definition) is 7. The zero-order chi connectivity index (χ0) is 22.0. The number of nitrogens with one attached hydrogen (secondary N) is 3. The molecule has 1 fully saturated rings. The maximum Gasteiger partial charge on any atom is 0.404 e. The third kappa shape index (κ3) is 4.61. The Morgan fingerprint density at radius 3 is 3.00 bits per heavy atom. The van der Waals surface area contributed by atoms with Gasteiger partial charge in [-0.15, -0.1) is 0 Å². The van der Waals surface area contributed by atoms with Gasteiger partial charge in [0.15, 0.2) is 16.3 Å². The van der Waals surface area contributed by atoms with Gasteiger partial charge in [0.25, 0.3) is 0 Å². The van der Waals surface area contributed by atoms with Gasteiger partial charge in [-0.1, -0.05) is 0 Å². The Morgan fingerprint density at radius 2 is 2.26 bits per heavy atom. The molecular weight excluding hydrogens is 420 g/mol. The van der Waals surface area contributed by atoms with Gasteiger partial charge in [0.05, 0.1) is 25.4 Å². The van der Waals surface area contributed by atoms with E-state index in [9.17, 15) is 4.79 Å². The molecule has 10 nitrogen and oxygen atoms in total. The summed E-state index contributed by atoms with van der Waals surface area (Å²) >= 11 is 1.40. The van der Waals surface area contributed by atoms with E-state index in [1.165, 1.54) is 11.8 Å². The van der Waals surface area contributed by atoms with Crippen LogP contribution in [0.5, 0.6) is 11.5 Å². The highest BCUT2D eigenvalue weighted by molar-refractivity contribution is 7.99. The van der Waals surface area contributed by atoms with Crippen LogP contribution in [-0.4, -0.2) is 51.5 Å². The van der Waals surface area contributed by atoms with Crippen LogP contribution in [0, 0.1) is 11.3 Å². The van der Waals surface area contributed by atoms with E-state index < -0.39 is 6.09 Å². The molecule has 2 atom stereocenters. The number of aromatic amines is 1. The van der Waals surface area contributed by atoms with Gasteiger partial charge in [-0.3, -0.25) is 5.41 Å². The number of amides is 1. The molecule has 0 spiro atoms. The van der Waals surface area contributed by atoms with Gasteiger partial charge < -0.3 is 29.4 Å². The number of fused-ring (bicyclic) bond motifs is 1. The molecule has 0 bridgehead atoms. The zero-order valence-corrected chi connectivity index (χ0v) is 18.0. The number of carbonyl (C=O) groups is 1. The lowest BCUT2D eigenvalue weighted by Crippen LogP contribution is -2.21. The normalized spacial score (nSPS) is 17.5. The third-order valence-electron chi connectivity index (χ3n) is 5.30. The minimum Gasteiger partial charge on any atom is -0.497 e. The van der Waals surface area contributed by atoms with Gasteiger partial charge in [0.2, 0.25) is 0 Å². The highest BCUT2D eigenvalue weighted by Crippen LogP contribution is 2.47. The summed E-state index contributed by atoms with van der Waals surface area (Å²) in [6, 6.07) is 5.82. The van der Waals surface area contributed by atoms with E-state index >= 15 is 0 Å². The lowest BCUT2D eigenvalue weighted by Gasteiger charge is -2.08. The number of benzene rings is 1. The molecule has 11 heteroatoms. The molecule has 164 valence electrons. The number of aromatic nitrogens is 4. The van der Waals surface area contributed by atoms with E-state index in [1.54, 1.807) is 20.5 Å². The zero-order valence-electron chi connectivity index (χ0n) is 17.2. The van der Waals surface area contributed by atoms with Crippen LogP contribution in [0.3, 0.4) is 0 Å². The number of nitrogens with zero attached hydrogens (tertiary/aromatic N) is 3. The first kappa shape index (κ1) is 21.0. The molecule has 2 unspecified atom stereocenters. The van der Waals surface area contributed by atoms with Crippen molar-refractivity contribution in [3.8, 4) is 11.5 Å². The van der Waals surface area contributed by atoms with E-state index in [-0.39, 0.29) is 11.5 Å². The van der Waals surface area contributed by atoms with Crippen LogP contribution in [-0.2, 0) is 0 Å². The summed E-state index contributed by atoms with van der Waals surface area (Å²) in [5.41, 5.74) is 1.43. The molecule has 0 saturated heterocycles. The monoisotopic (exact) mass is 444 g/mol. The fourth-order valence-electron chi connectivity index (χ4n) is 3.64. The van der Waals surface area contributed by atoms with E-state index in [0.717, 1.165) is 29.9 Å². The van der Waals surface area contributed by atoms with Crippen LogP contribution in [0.15, 0.2) is 34.6 Å². The Morgan fingerprint density at radius 1 is 1.42 bits per heavy atom. The summed E-state index contributed by atoms with van der Waals surface area (Å²) in [4.78, 5) is 23.6. The highest BCUT2D eigenvalue weighted by Gasteiger charge is 2.39. The van der Waals surface area contributed by atoms with Crippen LogP contribution in [0.1, 0.15) is 25.3 Å². The van der Waals surface area contributed by atoms with Crippen LogP contribution >= 0.6 is 11.8 Å². The molecule has 4 rings (SSSR count). The lowest BCUT2D eigenvalue weighted by atomic mass is 10.2. The second-order valence-corrected chi connectivity index (χ2v) is 8.33. The van der Waals surface area contributed by atoms with E-state index in [2.05, 4.69) is 15.3 Å². The van der Waals surface area contributed by atoms with E-state index in [1.807, 2.05) is 22.8 Å². The molecule has 1 amide bonds. The molecule has 31 heavy (non-hydrogen) atoms. The topological polar surface area (TPSA) is 138 Å². The van der Waals surface area contributed by atoms with Crippen molar-refractivity contribution in [2.45, 2.75) is 35.4 Å². The van der Waals surface area contributed by atoms with Crippen LogP contribution < -0.4 is 20.3 Å². The summed E-state index contributed by atoms with van der Waals surface area (Å²) in [7, 11) is 3.23. The average Bonchev–Trinajstić information content (AvgIpc) is 3.39. The van der Waals surface area contributed by atoms with E-state index in [0.29, 0.717) is 34.5 Å². The Labute approximate surface area is 182 Å². The minimum absolute atomic E-state index is 0.145. The first-order valence-electron chi connectivity index (χ1n) is 9.88. The molecule has 0 radical (unpaired) electrons. The molecular formula is C20H24N6O4S. The Kier molecular flexibility index (Phi) is 6.03.